The second kappa shape index (κ2) is 7.99. The number of benzene rings is 1. The average Bonchev–Trinajstić information content (AvgIpc) is 2.45. The summed E-state index contributed by atoms with van der Waals surface area (Å²) >= 11 is 0. The normalized spacial score (nSPS) is 12.2. The standard InChI is InChI=1S/C14H18O9S/c1-8(7-23-24(19,20)21)3-4-9-11(15)6-12(16)10(5-13(17)18)14(9)22-2/h3,6,15-16H,4-5,7H2,1-2H3,(H,17,18)(H,19,20,21)/b8-3+. The minimum Gasteiger partial charge on any atom is -0.507 e. The quantitative estimate of drug-likeness (QED) is 0.393. The summed E-state index contributed by atoms with van der Waals surface area (Å²) in [7, 11) is -3.30. The molecule has 0 saturated heterocycles. The Balaban J connectivity index is 3.12. The zero-order chi connectivity index (χ0) is 18.5. The fourth-order valence-corrected chi connectivity index (χ4v) is 2.32. The molecule has 10 heteroatoms. The third-order valence-corrected chi connectivity index (χ3v) is 3.48. The van der Waals surface area contributed by atoms with Crippen molar-refractivity contribution >= 4 is 16.4 Å². The molecule has 0 radical (unpaired) electrons. The number of allylic oxidation sites excluding steroid dienone is 1. The summed E-state index contributed by atoms with van der Waals surface area (Å²) in [5.74, 6) is -1.88. The molecule has 134 valence electrons. The van der Waals surface area contributed by atoms with Gasteiger partial charge in [0.2, 0.25) is 0 Å². The Bertz CT molecular complexity index is 750. The van der Waals surface area contributed by atoms with E-state index in [1.807, 2.05) is 0 Å². The first-order valence-electron chi connectivity index (χ1n) is 6.65. The fraction of sp³-hybridized carbons (Fsp3) is 0.357. The maximum atomic E-state index is 10.9. The molecule has 4 N–H and O–H groups in total. The number of carboxylic acid groups (broad SMARTS) is 1. The fourth-order valence-electron chi connectivity index (χ4n) is 1.99. The zero-order valence-corrected chi connectivity index (χ0v) is 13.8. The molecule has 1 rings (SSSR count). The lowest BCUT2D eigenvalue weighted by Crippen LogP contribution is -2.06. The number of carboxylic acids is 1. The Morgan fingerprint density at radius 3 is 2.33 bits per heavy atom. The lowest BCUT2D eigenvalue weighted by Gasteiger charge is -2.15. The number of aliphatic carboxylic acids is 1. The molecule has 1 aromatic carbocycles. The molecule has 0 bridgehead atoms. The van der Waals surface area contributed by atoms with Crippen LogP contribution in [0.4, 0.5) is 0 Å². The Morgan fingerprint density at radius 1 is 1.25 bits per heavy atom. The zero-order valence-electron chi connectivity index (χ0n) is 13.0. The van der Waals surface area contributed by atoms with Gasteiger partial charge in [0.1, 0.15) is 17.2 Å². The number of aromatic hydroxyl groups is 2. The predicted octanol–water partition coefficient (Wildman–Crippen LogP) is 1.04. The first-order chi connectivity index (χ1) is 11.0. The van der Waals surface area contributed by atoms with E-state index in [0.29, 0.717) is 5.57 Å². The number of rotatable bonds is 8. The molecule has 0 aliphatic heterocycles. The summed E-state index contributed by atoms with van der Waals surface area (Å²) in [4.78, 5) is 10.9. The van der Waals surface area contributed by atoms with E-state index in [9.17, 15) is 23.4 Å². The first kappa shape index (κ1) is 19.7. The van der Waals surface area contributed by atoms with Gasteiger partial charge >= 0.3 is 16.4 Å². The van der Waals surface area contributed by atoms with Crippen LogP contribution in [0.25, 0.3) is 0 Å². The number of ether oxygens (including phenoxy) is 1. The van der Waals surface area contributed by atoms with E-state index >= 15 is 0 Å². The summed E-state index contributed by atoms with van der Waals surface area (Å²) in [6, 6.07) is 1.01. The average molecular weight is 362 g/mol. The lowest BCUT2D eigenvalue weighted by molar-refractivity contribution is -0.136. The molecular formula is C14H18O9S. The summed E-state index contributed by atoms with van der Waals surface area (Å²) in [5.41, 5.74) is 0.665. The van der Waals surface area contributed by atoms with Crippen molar-refractivity contribution in [3.8, 4) is 17.2 Å². The molecule has 0 unspecified atom stereocenters. The molecule has 0 spiro atoms. The third-order valence-electron chi connectivity index (χ3n) is 3.06. The van der Waals surface area contributed by atoms with E-state index < -0.39 is 28.5 Å². The van der Waals surface area contributed by atoms with Crippen LogP contribution in [-0.4, -0.2) is 48.0 Å². The number of phenolic OH excluding ortho intramolecular Hbond substituents is 2. The minimum absolute atomic E-state index is 0.0121. The van der Waals surface area contributed by atoms with E-state index in [2.05, 4.69) is 4.18 Å². The van der Waals surface area contributed by atoms with Crippen LogP contribution in [-0.2, 0) is 32.2 Å². The summed E-state index contributed by atoms with van der Waals surface area (Å²) in [6.07, 6.45) is 1.06. The SMILES string of the molecule is COc1c(C/C=C(\C)COS(=O)(=O)O)c(O)cc(O)c1CC(=O)O. The molecule has 24 heavy (non-hydrogen) atoms. The van der Waals surface area contributed by atoms with Gasteiger partial charge in [-0.1, -0.05) is 6.08 Å². The molecule has 0 atom stereocenters. The van der Waals surface area contributed by atoms with Crippen LogP contribution >= 0.6 is 0 Å². The lowest BCUT2D eigenvalue weighted by atomic mass is 10.0. The van der Waals surface area contributed by atoms with Crippen molar-refractivity contribution in [1.82, 2.24) is 0 Å². The molecule has 0 heterocycles. The van der Waals surface area contributed by atoms with Gasteiger partial charge in [0.05, 0.1) is 20.1 Å². The van der Waals surface area contributed by atoms with Crippen molar-refractivity contribution in [3.63, 3.8) is 0 Å². The van der Waals surface area contributed by atoms with Gasteiger partial charge < -0.3 is 20.1 Å². The molecule has 9 nitrogen and oxygen atoms in total. The number of hydrogen-bond donors (Lipinski definition) is 4. The van der Waals surface area contributed by atoms with Gasteiger partial charge in [-0.3, -0.25) is 9.35 Å². The molecule has 0 fully saturated rings. The van der Waals surface area contributed by atoms with Gasteiger partial charge in [-0.05, 0) is 18.9 Å². The Kier molecular flexibility index (Phi) is 6.58. The second-order valence-electron chi connectivity index (χ2n) is 4.92. The van der Waals surface area contributed by atoms with Crippen LogP contribution in [0.2, 0.25) is 0 Å². The molecule has 0 aliphatic carbocycles. The van der Waals surface area contributed by atoms with Crippen molar-refractivity contribution in [3.05, 3.63) is 28.8 Å². The number of methoxy groups -OCH3 is 1. The van der Waals surface area contributed by atoms with Crippen molar-refractivity contribution in [1.29, 1.82) is 0 Å². The van der Waals surface area contributed by atoms with Crippen LogP contribution in [0, 0.1) is 0 Å². The van der Waals surface area contributed by atoms with Crippen LogP contribution in [0.15, 0.2) is 17.7 Å². The van der Waals surface area contributed by atoms with Crippen LogP contribution in [0.5, 0.6) is 17.2 Å². The van der Waals surface area contributed by atoms with Crippen LogP contribution in [0.3, 0.4) is 0 Å². The van der Waals surface area contributed by atoms with Crippen molar-refractivity contribution in [2.45, 2.75) is 19.8 Å². The molecule has 0 aromatic heterocycles. The van der Waals surface area contributed by atoms with E-state index in [0.717, 1.165) is 6.07 Å². The van der Waals surface area contributed by atoms with Gasteiger partial charge in [-0.15, -0.1) is 0 Å². The number of hydrogen-bond acceptors (Lipinski definition) is 7. The summed E-state index contributed by atoms with van der Waals surface area (Å²) in [6.45, 7) is 1.15. The highest BCUT2D eigenvalue weighted by atomic mass is 32.3. The van der Waals surface area contributed by atoms with E-state index in [1.165, 1.54) is 20.1 Å². The van der Waals surface area contributed by atoms with Gasteiger partial charge in [0, 0.05) is 17.2 Å². The smallest absolute Gasteiger partial charge is 0.397 e. The molecule has 0 aliphatic rings. The third kappa shape index (κ3) is 5.72. The predicted molar refractivity (Wildman–Crippen MR) is 82.6 cm³/mol. The number of carbonyl (C=O) groups is 1. The van der Waals surface area contributed by atoms with Crippen LogP contribution < -0.4 is 4.74 Å². The number of phenols is 2. The van der Waals surface area contributed by atoms with E-state index in [4.69, 9.17) is 14.4 Å². The molecular weight excluding hydrogens is 344 g/mol. The highest BCUT2D eigenvalue weighted by molar-refractivity contribution is 7.80. The summed E-state index contributed by atoms with van der Waals surface area (Å²) < 4.78 is 38.8. The van der Waals surface area contributed by atoms with Crippen LogP contribution in [0.1, 0.15) is 18.1 Å². The van der Waals surface area contributed by atoms with Crippen molar-refractivity contribution in [2.24, 2.45) is 0 Å². The maximum absolute atomic E-state index is 10.9. The largest absolute Gasteiger partial charge is 0.507 e. The van der Waals surface area contributed by atoms with Gasteiger partial charge in [-0.25, -0.2) is 4.18 Å². The first-order valence-corrected chi connectivity index (χ1v) is 8.01. The Morgan fingerprint density at radius 2 is 1.83 bits per heavy atom. The summed E-state index contributed by atoms with van der Waals surface area (Å²) in [5, 5.41) is 28.6. The monoisotopic (exact) mass is 362 g/mol. The molecule has 0 saturated carbocycles. The van der Waals surface area contributed by atoms with Crippen molar-refractivity contribution in [2.75, 3.05) is 13.7 Å². The van der Waals surface area contributed by atoms with Gasteiger partial charge in [0.25, 0.3) is 0 Å². The second-order valence-corrected chi connectivity index (χ2v) is 6.01. The van der Waals surface area contributed by atoms with Crippen molar-refractivity contribution < 1.29 is 42.0 Å². The van der Waals surface area contributed by atoms with E-state index in [1.54, 1.807) is 0 Å². The van der Waals surface area contributed by atoms with Gasteiger partial charge in [-0.2, -0.15) is 8.42 Å². The maximum Gasteiger partial charge on any atom is 0.397 e. The highest BCUT2D eigenvalue weighted by Crippen LogP contribution is 2.39. The molecule has 0 amide bonds. The highest BCUT2D eigenvalue weighted by Gasteiger charge is 2.20. The Hall–Kier alpha value is -2.30. The van der Waals surface area contributed by atoms with E-state index in [-0.39, 0.29) is 35.7 Å². The van der Waals surface area contributed by atoms with Gasteiger partial charge in [0.15, 0.2) is 0 Å². The Labute approximate surface area is 138 Å². The molecule has 1 aromatic rings. The topological polar surface area (TPSA) is 151 Å². The minimum atomic E-state index is -4.56.